The largest absolute Gasteiger partial charge is 0.493 e. The van der Waals surface area contributed by atoms with Gasteiger partial charge in [0.25, 0.3) is 0 Å². The molecule has 0 spiro atoms. The first-order valence-electron chi connectivity index (χ1n) is 8.10. The van der Waals surface area contributed by atoms with Crippen LogP contribution in [-0.2, 0) is 4.79 Å². The monoisotopic (exact) mass is 343 g/mol. The van der Waals surface area contributed by atoms with Gasteiger partial charge in [-0.3, -0.25) is 4.79 Å². The van der Waals surface area contributed by atoms with Crippen LogP contribution in [0.3, 0.4) is 0 Å². The molecule has 1 saturated heterocycles. The molecule has 1 fully saturated rings. The van der Waals surface area contributed by atoms with Crippen LogP contribution in [-0.4, -0.2) is 36.3 Å². The Bertz CT molecular complexity index is 677. The minimum absolute atomic E-state index is 0.0142. The lowest BCUT2D eigenvalue weighted by Gasteiger charge is -2.25. The fourth-order valence-corrected chi connectivity index (χ4v) is 3.95. The van der Waals surface area contributed by atoms with E-state index in [-0.39, 0.29) is 11.3 Å². The van der Waals surface area contributed by atoms with Crippen molar-refractivity contribution in [2.75, 3.05) is 25.5 Å². The van der Waals surface area contributed by atoms with Gasteiger partial charge in [0.1, 0.15) is 23.5 Å². The number of amides is 1. The molecule has 4 nitrogen and oxygen atoms in total. The highest BCUT2D eigenvalue weighted by Gasteiger charge is 2.34. The molecule has 0 aliphatic carbocycles. The smallest absolute Gasteiger partial charge is 0.233 e. The van der Waals surface area contributed by atoms with Crippen LogP contribution in [0.2, 0.25) is 0 Å². The van der Waals surface area contributed by atoms with Gasteiger partial charge in [-0.15, -0.1) is 11.8 Å². The van der Waals surface area contributed by atoms with Crippen LogP contribution in [0.5, 0.6) is 11.5 Å². The van der Waals surface area contributed by atoms with Crippen molar-refractivity contribution in [3.05, 3.63) is 60.2 Å². The van der Waals surface area contributed by atoms with Crippen molar-refractivity contribution in [1.82, 2.24) is 4.90 Å². The van der Waals surface area contributed by atoms with E-state index < -0.39 is 0 Å². The van der Waals surface area contributed by atoms with Crippen molar-refractivity contribution in [2.45, 2.75) is 12.3 Å². The molecule has 0 radical (unpaired) electrons. The van der Waals surface area contributed by atoms with Crippen molar-refractivity contribution < 1.29 is 14.3 Å². The summed E-state index contributed by atoms with van der Waals surface area (Å²) in [5, 5.41) is -0.0142. The van der Waals surface area contributed by atoms with Crippen LogP contribution in [0.15, 0.2) is 54.6 Å². The van der Waals surface area contributed by atoms with Crippen LogP contribution in [0, 0.1) is 0 Å². The highest BCUT2D eigenvalue weighted by Crippen LogP contribution is 2.42. The molecule has 2 aromatic rings. The van der Waals surface area contributed by atoms with Crippen LogP contribution in [0.1, 0.15) is 17.9 Å². The number of para-hydroxylation sites is 2. The maximum absolute atomic E-state index is 12.3. The summed E-state index contributed by atoms with van der Waals surface area (Å²) in [4.78, 5) is 14.2. The summed E-state index contributed by atoms with van der Waals surface area (Å²) in [6.07, 6.45) is 0. The number of nitrogens with zero attached hydrogens (tertiary/aromatic N) is 1. The lowest BCUT2D eigenvalue weighted by molar-refractivity contribution is -0.128. The summed E-state index contributed by atoms with van der Waals surface area (Å²) in [6, 6.07) is 17.6. The van der Waals surface area contributed by atoms with Crippen molar-refractivity contribution in [1.29, 1.82) is 0 Å². The number of hydrogen-bond donors (Lipinski definition) is 0. The Labute approximate surface area is 146 Å². The molecule has 1 aliphatic rings. The highest BCUT2D eigenvalue weighted by molar-refractivity contribution is 8.00. The van der Waals surface area contributed by atoms with E-state index in [0.29, 0.717) is 25.5 Å². The first-order chi connectivity index (χ1) is 11.8. The fraction of sp³-hybridized carbons (Fsp3) is 0.316. The minimum Gasteiger partial charge on any atom is -0.493 e. The van der Waals surface area contributed by atoms with E-state index in [2.05, 4.69) is 0 Å². The second-order valence-electron chi connectivity index (χ2n) is 5.38. The van der Waals surface area contributed by atoms with Gasteiger partial charge in [0.2, 0.25) is 5.91 Å². The van der Waals surface area contributed by atoms with Crippen molar-refractivity contribution in [3.63, 3.8) is 0 Å². The summed E-state index contributed by atoms with van der Waals surface area (Å²) in [6.45, 7) is 3.62. The number of ether oxygens (including phenoxy) is 2. The zero-order valence-corrected chi connectivity index (χ0v) is 14.5. The quantitative estimate of drug-likeness (QED) is 0.768. The Morgan fingerprint density at radius 3 is 2.62 bits per heavy atom. The maximum atomic E-state index is 12.3. The average molecular weight is 343 g/mol. The molecule has 2 aromatic carbocycles. The van der Waals surface area contributed by atoms with Crippen LogP contribution >= 0.6 is 11.8 Å². The minimum atomic E-state index is -0.0142. The first-order valence-corrected chi connectivity index (χ1v) is 9.15. The molecule has 5 heteroatoms. The standard InChI is InChI=1S/C19H21NO3S/c1-2-22-17-11-7-6-10-16(17)19-20(18(21)14-24-19)12-13-23-15-8-4-3-5-9-15/h3-11,19H,2,12-14H2,1H3. The third-order valence-electron chi connectivity index (χ3n) is 3.80. The van der Waals surface area contributed by atoms with Crippen molar-refractivity contribution in [2.24, 2.45) is 0 Å². The summed E-state index contributed by atoms with van der Waals surface area (Å²) < 4.78 is 11.5. The topological polar surface area (TPSA) is 38.8 Å². The Morgan fingerprint density at radius 1 is 1.08 bits per heavy atom. The van der Waals surface area contributed by atoms with E-state index >= 15 is 0 Å². The van der Waals surface area contributed by atoms with Gasteiger partial charge in [0.05, 0.1) is 18.9 Å². The molecular weight excluding hydrogens is 322 g/mol. The van der Waals surface area contributed by atoms with E-state index in [4.69, 9.17) is 9.47 Å². The number of carbonyl (C=O) groups excluding carboxylic acids is 1. The fourth-order valence-electron chi connectivity index (χ4n) is 2.70. The lowest BCUT2D eigenvalue weighted by Crippen LogP contribution is -2.32. The van der Waals surface area contributed by atoms with Gasteiger partial charge in [-0.05, 0) is 25.1 Å². The van der Waals surface area contributed by atoms with Crippen molar-refractivity contribution in [3.8, 4) is 11.5 Å². The highest BCUT2D eigenvalue weighted by atomic mass is 32.2. The van der Waals surface area contributed by atoms with Crippen LogP contribution in [0.4, 0.5) is 0 Å². The molecule has 0 aromatic heterocycles. The Kier molecular flexibility index (Phi) is 5.64. The molecule has 1 atom stereocenters. The van der Waals surface area contributed by atoms with E-state index in [9.17, 15) is 4.79 Å². The lowest BCUT2D eigenvalue weighted by atomic mass is 10.2. The zero-order valence-electron chi connectivity index (χ0n) is 13.7. The summed E-state index contributed by atoms with van der Waals surface area (Å²) in [5.41, 5.74) is 1.05. The van der Waals surface area contributed by atoms with E-state index in [1.54, 1.807) is 11.8 Å². The molecule has 1 amide bonds. The number of carbonyl (C=O) groups is 1. The van der Waals surface area contributed by atoms with Gasteiger partial charge in [0, 0.05) is 5.56 Å². The van der Waals surface area contributed by atoms with Gasteiger partial charge in [-0.2, -0.15) is 0 Å². The molecule has 1 unspecified atom stereocenters. The molecule has 0 bridgehead atoms. The summed E-state index contributed by atoms with van der Waals surface area (Å²) in [5.74, 6) is 2.31. The van der Waals surface area contributed by atoms with Gasteiger partial charge >= 0.3 is 0 Å². The van der Waals surface area contributed by atoms with E-state index in [0.717, 1.165) is 17.1 Å². The number of benzene rings is 2. The Balaban J connectivity index is 1.68. The van der Waals surface area contributed by atoms with Gasteiger partial charge in [0.15, 0.2) is 0 Å². The van der Waals surface area contributed by atoms with Gasteiger partial charge in [-0.25, -0.2) is 0 Å². The van der Waals surface area contributed by atoms with E-state index in [1.807, 2.05) is 66.4 Å². The molecule has 3 rings (SSSR count). The summed E-state index contributed by atoms with van der Waals surface area (Å²) in [7, 11) is 0. The molecular formula is C19H21NO3S. The third kappa shape index (κ3) is 3.85. The van der Waals surface area contributed by atoms with Crippen molar-refractivity contribution >= 4 is 17.7 Å². The second-order valence-corrected chi connectivity index (χ2v) is 6.45. The molecule has 0 saturated carbocycles. The SMILES string of the molecule is CCOc1ccccc1C1SCC(=O)N1CCOc1ccccc1. The average Bonchev–Trinajstić information content (AvgIpc) is 2.98. The number of rotatable bonds is 7. The maximum Gasteiger partial charge on any atom is 0.233 e. The van der Waals surface area contributed by atoms with E-state index in [1.165, 1.54) is 0 Å². The molecule has 0 N–H and O–H groups in total. The third-order valence-corrected chi connectivity index (χ3v) is 5.03. The number of hydrogen-bond acceptors (Lipinski definition) is 4. The predicted molar refractivity (Wildman–Crippen MR) is 96.5 cm³/mol. The molecule has 1 heterocycles. The Hall–Kier alpha value is -2.14. The summed E-state index contributed by atoms with van der Waals surface area (Å²) >= 11 is 1.64. The van der Waals surface area contributed by atoms with Crippen LogP contribution in [0.25, 0.3) is 0 Å². The van der Waals surface area contributed by atoms with Gasteiger partial charge < -0.3 is 14.4 Å². The second kappa shape index (κ2) is 8.11. The first kappa shape index (κ1) is 16.7. The van der Waals surface area contributed by atoms with Crippen LogP contribution < -0.4 is 9.47 Å². The molecule has 1 aliphatic heterocycles. The number of thioether (sulfide) groups is 1. The molecule has 126 valence electrons. The zero-order chi connectivity index (χ0) is 16.8. The normalized spacial score (nSPS) is 17.1. The van der Waals surface area contributed by atoms with Gasteiger partial charge in [-0.1, -0.05) is 36.4 Å². The predicted octanol–water partition coefficient (Wildman–Crippen LogP) is 3.74. The molecule has 24 heavy (non-hydrogen) atoms. The Morgan fingerprint density at radius 2 is 1.83 bits per heavy atom.